The number of alkyl halides is 3. The van der Waals surface area contributed by atoms with E-state index in [1.54, 1.807) is 24.4 Å². The Kier molecular flexibility index (Phi) is 5.74. The SMILES string of the molecule is CN1CCC(c2cn(CC(F)(F)F)c3ccc(OS(=O)(=O)c4ccccc4)cc23)CC1. The molecule has 1 aromatic heterocycles. The maximum atomic E-state index is 13.1. The number of fused-ring (bicyclic) bond motifs is 1. The van der Waals surface area contributed by atoms with Gasteiger partial charge in [0, 0.05) is 17.1 Å². The van der Waals surface area contributed by atoms with E-state index in [9.17, 15) is 21.6 Å². The van der Waals surface area contributed by atoms with Crippen molar-refractivity contribution in [2.24, 2.45) is 0 Å². The minimum atomic E-state index is -4.36. The smallest absolute Gasteiger partial charge is 0.379 e. The van der Waals surface area contributed by atoms with Gasteiger partial charge in [0.25, 0.3) is 0 Å². The lowest BCUT2D eigenvalue weighted by Crippen LogP contribution is -2.29. The van der Waals surface area contributed by atoms with Gasteiger partial charge in [-0.2, -0.15) is 21.6 Å². The highest BCUT2D eigenvalue weighted by molar-refractivity contribution is 7.87. The van der Waals surface area contributed by atoms with E-state index in [0.29, 0.717) is 10.9 Å². The molecule has 0 N–H and O–H groups in total. The van der Waals surface area contributed by atoms with E-state index in [1.165, 1.54) is 34.9 Å². The Balaban J connectivity index is 1.73. The molecule has 4 rings (SSSR count). The molecular weight excluding hydrogens is 429 g/mol. The summed E-state index contributed by atoms with van der Waals surface area (Å²) in [6, 6.07) is 12.2. The maximum Gasteiger partial charge on any atom is 0.406 e. The maximum absolute atomic E-state index is 13.1. The highest BCUT2D eigenvalue weighted by Gasteiger charge is 2.30. The average Bonchev–Trinajstić information content (AvgIpc) is 3.05. The van der Waals surface area contributed by atoms with Crippen molar-refractivity contribution in [1.82, 2.24) is 9.47 Å². The molecule has 1 fully saturated rings. The second-order valence-electron chi connectivity index (χ2n) is 7.93. The van der Waals surface area contributed by atoms with Crippen molar-refractivity contribution in [2.75, 3.05) is 20.1 Å². The minimum absolute atomic E-state index is 0.0141. The summed E-state index contributed by atoms with van der Waals surface area (Å²) in [4.78, 5) is 2.20. The Morgan fingerprint density at radius 3 is 2.39 bits per heavy atom. The van der Waals surface area contributed by atoms with Crippen LogP contribution in [0.25, 0.3) is 10.9 Å². The number of likely N-dealkylation sites (tertiary alicyclic amines) is 1. The van der Waals surface area contributed by atoms with Gasteiger partial charge in [-0.3, -0.25) is 0 Å². The van der Waals surface area contributed by atoms with Gasteiger partial charge in [-0.05, 0) is 74.8 Å². The number of aromatic nitrogens is 1. The van der Waals surface area contributed by atoms with Gasteiger partial charge in [0.15, 0.2) is 0 Å². The molecule has 1 aliphatic rings. The van der Waals surface area contributed by atoms with Crippen molar-refractivity contribution >= 4 is 21.0 Å². The monoisotopic (exact) mass is 452 g/mol. The van der Waals surface area contributed by atoms with Crippen molar-refractivity contribution < 1.29 is 25.8 Å². The van der Waals surface area contributed by atoms with Gasteiger partial charge in [-0.1, -0.05) is 18.2 Å². The first kappa shape index (κ1) is 21.7. The van der Waals surface area contributed by atoms with Crippen LogP contribution in [-0.2, 0) is 16.7 Å². The van der Waals surface area contributed by atoms with E-state index in [0.717, 1.165) is 31.5 Å². The average molecular weight is 452 g/mol. The number of piperidine rings is 1. The van der Waals surface area contributed by atoms with Crippen LogP contribution in [0.4, 0.5) is 13.2 Å². The first-order valence-electron chi connectivity index (χ1n) is 10.00. The minimum Gasteiger partial charge on any atom is -0.379 e. The number of hydrogen-bond donors (Lipinski definition) is 0. The molecule has 2 heterocycles. The number of halogens is 3. The van der Waals surface area contributed by atoms with Gasteiger partial charge in [0.1, 0.15) is 17.2 Å². The van der Waals surface area contributed by atoms with Crippen LogP contribution in [0.15, 0.2) is 59.6 Å². The van der Waals surface area contributed by atoms with Crippen molar-refractivity contribution in [3.05, 3.63) is 60.3 Å². The van der Waals surface area contributed by atoms with Crippen LogP contribution >= 0.6 is 0 Å². The van der Waals surface area contributed by atoms with Crippen LogP contribution < -0.4 is 4.18 Å². The fraction of sp³-hybridized carbons (Fsp3) is 0.364. The lowest BCUT2D eigenvalue weighted by Gasteiger charge is -2.28. The van der Waals surface area contributed by atoms with Crippen LogP contribution in [0, 0.1) is 0 Å². The molecule has 1 aliphatic heterocycles. The van der Waals surface area contributed by atoms with Crippen LogP contribution in [0.3, 0.4) is 0 Å². The fourth-order valence-corrected chi connectivity index (χ4v) is 5.03. The van der Waals surface area contributed by atoms with Gasteiger partial charge in [-0.15, -0.1) is 0 Å². The zero-order chi connectivity index (χ0) is 22.2. The predicted molar refractivity (Wildman–Crippen MR) is 112 cm³/mol. The lowest BCUT2D eigenvalue weighted by atomic mass is 9.89. The summed E-state index contributed by atoms with van der Waals surface area (Å²) in [5.41, 5.74) is 1.21. The van der Waals surface area contributed by atoms with E-state index in [2.05, 4.69) is 4.90 Å². The summed E-state index contributed by atoms with van der Waals surface area (Å²) in [6.07, 6.45) is -1.14. The third-order valence-corrected chi connectivity index (χ3v) is 6.89. The normalized spacial score (nSPS) is 16.6. The topological polar surface area (TPSA) is 51.5 Å². The molecular formula is C22H23F3N2O3S. The summed E-state index contributed by atoms with van der Waals surface area (Å²) < 4.78 is 71.0. The lowest BCUT2D eigenvalue weighted by molar-refractivity contribution is -0.139. The van der Waals surface area contributed by atoms with E-state index in [1.807, 2.05) is 7.05 Å². The molecule has 31 heavy (non-hydrogen) atoms. The van der Waals surface area contributed by atoms with Crippen molar-refractivity contribution in [3.8, 4) is 5.75 Å². The summed E-state index contributed by atoms with van der Waals surface area (Å²) in [6.45, 7) is 0.614. The van der Waals surface area contributed by atoms with Gasteiger partial charge >= 0.3 is 16.3 Å². The van der Waals surface area contributed by atoms with Crippen LogP contribution in [-0.4, -0.2) is 44.2 Å². The zero-order valence-electron chi connectivity index (χ0n) is 17.0. The van der Waals surface area contributed by atoms with E-state index in [-0.39, 0.29) is 16.6 Å². The van der Waals surface area contributed by atoms with Crippen molar-refractivity contribution in [3.63, 3.8) is 0 Å². The third kappa shape index (κ3) is 4.88. The van der Waals surface area contributed by atoms with Crippen molar-refractivity contribution in [2.45, 2.75) is 36.4 Å². The molecule has 0 unspecified atom stereocenters. The molecule has 0 saturated carbocycles. The molecule has 166 valence electrons. The molecule has 9 heteroatoms. The highest BCUT2D eigenvalue weighted by atomic mass is 32.2. The third-order valence-electron chi connectivity index (χ3n) is 5.63. The Labute approximate surface area is 179 Å². The van der Waals surface area contributed by atoms with Crippen LogP contribution in [0.5, 0.6) is 5.75 Å². The molecule has 0 bridgehead atoms. The Bertz CT molecular complexity index is 1170. The summed E-state index contributed by atoms with van der Waals surface area (Å²) in [5.74, 6) is 0.185. The quantitative estimate of drug-likeness (QED) is 0.523. The fourth-order valence-electron chi connectivity index (χ4n) is 4.09. The van der Waals surface area contributed by atoms with Crippen LogP contribution in [0.1, 0.15) is 24.3 Å². The summed E-state index contributed by atoms with van der Waals surface area (Å²) >= 11 is 0. The number of rotatable bonds is 5. The number of nitrogens with zero attached hydrogens (tertiary/aromatic N) is 2. The van der Waals surface area contributed by atoms with E-state index < -0.39 is 22.8 Å². The molecule has 0 radical (unpaired) electrons. The van der Waals surface area contributed by atoms with E-state index in [4.69, 9.17) is 4.18 Å². The number of hydrogen-bond acceptors (Lipinski definition) is 4. The first-order valence-corrected chi connectivity index (χ1v) is 11.4. The van der Waals surface area contributed by atoms with Crippen molar-refractivity contribution in [1.29, 1.82) is 0 Å². The zero-order valence-corrected chi connectivity index (χ0v) is 17.8. The van der Waals surface area contributed by atoms with Gasteiger partial charge in [0.2, 0.25) is 0 Å². The number of benzene rings is 2. The van der Waals surface area contributed by atoms with Gasteiger partial charge in [0.05, 0.1) is 0 Å². The Morgan fingerprint density at radius 2 is 1.74 bits per heavy atom. The molecule has 0 spiro atoms. The summed E-state index contributed by atoms with van der Waals surface area (Å²) in [7, 11) is -2.03. The first-order chi connectivity index (χ1) is 14.6. The molecule has 5 nitrogen and oxygen atoms in total. The van der Waals surface area contributed by atoms with Gasteiger partial charge in [-0.25, -0.2) is 0 Å². The summed E-state index contributed by atoms with van der Waals surface area (Å²) in [5, 5.41) is 0.597. The second-order valence-corrected chi connectivity index (χ2v) is 9.48. The molecule has 1 saturated heterocycles. The van der Waals surface area contributed by atoms with E-state index >= 15 is 0 Å². The standard InChI is InChI=1S/C22H23F3N2O3S/c1-26-11-9-16(10-12-26)20-14-27(15-22(23,24)25)21-8-7-17(13-19(20)21)30-31(28,29)18-5-3-2-4-6-18/h2-8,13-14,16H,9-12,15H2,1H3. The van der Waals surface area contributed by atoms with Crippen LogP contribution in [0.2, 0.25) is 0 Å². The highest BCUT2D eigenvalue weighted by Crippen LogP contribution is 2.37. The predicted octanol–water partition coefficient (Wildman–Crippen LogP) is 4.78. The molecule has 0 atom stereocenters. The molecule has 0 amide bonds. The largest absolute Gasteiger partial charge is 0.406 e. The molecule has 0 aliphatic carbocycles. The molecule has 2 aromatic carbocycles. The Hall–Kier alpha value is -2.52. The second kappa shape index (κ2) is 8.20. The molecule has 3 aromatic rings. The van der Waals surface area contributed by atoms with Gasteiger partial charge < -0.3 is 13.7 Å². The Morgan fingerprint density at radius 1 is 1.06 bits per heavy atom.